The highest BCUT2D eigenvalue weighted by molar-refractivity contribution is 6.31. The molecule has 0 saturated carbocycles. The molecule has 112 valence electrons. The molecule has 4 heteroatoms. The minimum Gasteiger partial charge on any atom is -0.490 e. The van der Waals surface area contributed by atoms with Gasteiger partial charge >= 0.3 is 0 Å². The van der Waals surface area contributed by atoms with E-state index in [0.29, 0.717) is 23.1 Å². The van der Waals surface area contributed by atoms with Gasteiger partial charge in [-0.05, 0) is 43.3 Å². The first-order valence-corrected chi connectivity index (χ1v) is 7.51. The average Bonchev–Trinajstić information content (AvgIpc) is 2.49. The summed E-state index contributed by atoms with van der Waals surface area (Å²) in [4.78, 5) is 0. The molecule has 0 fully saturated rings. The van der Waals surface area contributed by atoms with Gasteiger partial charge in [0.2, 0.25) is 0 Å². The highest BCUT2D eigenvalue weighted by Gasteiger charge is 2.07. The smallest absolute Gasteiger partial charge is 0.169 e. The van der Waals surface area contributed by atoms with E-state index < -0.39 is 0 Å². The number of halogens is 1. The Bertz CT molecular complexity index is 587. The molecule has 2 rings (SSSR count). The van der Waals surface area contributed by atoms with Gasteiger partial charge in [-0.3, -0.25) is 0 Å². The Morgan fingerprint density at radius 2 is 1.81 bits per heavy atom. The number of para-hydroxylation sites is 2. The quantitative estimate of drug-likeness (QED) is 0.808. The Balaban J connectivity index is 2.15. The van der Waals surface area contributed by atoms with E-state index in [0.717, 1.165) is 24.4 Å². The molecule has 0 bridgehead atoms. The zero-order valence-electron chi connectivity index (χ0n) is 12.4. The summed E-state index contributed by atoms with van der Waals surface area (Å²) in [5.74, 6) is 2.12. The molecule has 0 spiro atoms. The van der Waals surface area contributed by atoms with Crippen LogP contribution in [0.2, 0.25) is 5.02 Å². The normalized spacial score (nSPS) is 10.4. The van der Waals surface area contributed by atoms with Crippen LogP contribution in [0.4, 0.5) is 0 Å². The van der Waals surface area contributed by atoms with Crippen LogP contribution in [-0.2, 0) is 6.54 Å². The lowest BCUT2D eigenvalue weighted by molar-refractivity contribution is 0.321. The zero-order valence-corrected chi connectivity index (χ0v) is 13.1. The maximum Gasteiger partial charge on any atom is 0.169 e. The first-order chi connectivity index (χ1) is 10.2. The maximum atomic E-state index is 6.28. The molecular formula is C17H20ClNO2. The maximum absolute atomic E-state index is 6.28. The fraction of sp³-hybridized carbons (Fsp3) is 0.294. The van der Waals surface area contributed by atoms with Crippen LogP contribution < -0.4 is 14.8 Å². The van der Waals surface area contributed by atoms with E-state index in [9.17, 15) is 0 Å². The first kappa shape index (κ1) is 15.7. The number of ether oxygens (including phenoxy) is 2. The van der Waals surface area contributed by atoms with Crippen molar-refractivity contribution in [2.45, 2.75) is 20.4 Å². The summed E-state index contributed by atoms with van der Waals surface area (Å²) in [7, 11) is 0. The van der Waals surface area contributed by atoms with Gasteiger partial charge in [-0.15, -0.1) is 0 Å². The SMILES string of the molecule is CCNCc1ccc(Oc2ccccc2OCC)cc1Cl. The van der Waals surface area contributed by atoms with Gasteiger partial charge in [0.25, 0.3) is 0 Å². The second-order valence-electron chi connectivity index (χ2n) is 4.52. The summed E-state index contributed by atoms with van der Waals surface area (Å²) in [6.45, 7) is 6.28. The number of nitrogens with one attached hydrogen (secondary N) is 1. The lowest BCUT2D eigenvalue weighted by Gasteiger charge is -2.12. The van der Waals surface area contributed by atoms with Crippen molar-refractivity contribution >= 4 is 11.6 Å². The Labute approximate surface area is 130 Å². The molecule has 0 atom stereocenters. The van der Waals surface area contributed by atoms with Gasteiger partial charge in [0.1, 0.15) is 5.75 Å². The molecule has 1 N–H and O–H groups in total. The topological polar surface area (TPSA) is 30.5 Å². The molecule has 21 heavy (non-hydrogen) atoms. The van der Waals surface area contributed by atoms with Gasteiger partial charge in [-0.2, -0.15) is 0 Å². The molecule has 0 aliphatic carbocycles. The van der Waals surface area contributed by atoms with Gasteiger partial charge in [0, 0.05) is 11.6 Å². The molecule has 2 aromatic rings. The van der Waals surface area contributed by atoms with Crippen LogP contribution in [-0.4, -0.2) is 13.2 Å². The molecular weight excluding hydrogens is 286 g/mol. The summed E-state index contributed by atoms with van der Waals surface area (Å²) in [5.41, 5.74) is 1.06. The van der Waals surface area contributed by atoms with E-state index in [1.807, 2.05) is 49.4 Å². The van der Waals surface area contributed by atoms with Crippen molar-refractivity contribution in [3.63, 3.8) is 0 Å². The van der Waals surface area contributed by atoms with Crippen molar-refractivity contribution in [3.05, 3.63) is 53.1 Å². The molecule has 0 aliphatic rings. The molecule has 0 amide bonds. The highest BCUT2D eigenvalue weighted by atomic mass is 35.5. The van der Waals surface area contributed by atoms with E-state index >= 15 is 0 Å². The molecule has 0 aromatic heterocycles. The first-order valence-electron chi connectivity index (χ1n) is 7.13. The van der Waals surface area contributed by atoms with Crippen LogP contribution in [0.3, 0.4) is 0 Å². The highest BCUT2D eigenvalue weighted by Crippen LogP contribution is 2.33. The Morgan fingerprint density at radius 1 is 1.05 bits per heavy atom. The van der Waals surface area contributed by atoms with Crippen LogP contribution in [0.15, 0.2) is 42.5 Å². The van der Waals surface area contributed by atoms with E-state index in [1.165, 1.54) is 0 Å². The van der Waals surface area contributed by atoms with Crippen LogP contribution in [0.25, 0.3) is 0 Å². The van der Waals surface area contributed by atoms with Crippen LogP contribution >= 0.6 is 11.6 Å². The molecule has 2 aromatic carbocycles. The minimum absolute atomic E-state index is 0.600. The second kappa shape index (κ2) is 7.91. The van der Waals surface area contributed by atoms with Crippen molar-refractivity contribution in [1.29, 1.82) is 0 Å². The third-order valence-corrected chi connectivity index (χ3v) is 3.32. The van der Waals surface area contributed by atoms with Gasteiger partial charge in [-0.25, -0.2) is 0 Å². The fourth-order valence-corrected chi connectivity index (χ4v) is 2.17. The summed E-state index contributed by atoms with van der Waals surface area (Å²) in [5, 5.41) is 3.95. The van der Waals surface area contributed by atoms with Crippen LogP contribution in [0, 0.1) is 0 Å². The number of hydrogen-bond donors (Lipinski definition) is 1. The van der Waals surface area contributed by atoms with Gasteiger partial charge in [-0.1, -0.05) is 36.7 Å². The van der Waals surface area contributed by atoms with E-state index in [-0.39, 0.29) is 0 Å². The molecule has 0 radical (unpaired) electrons. The summed E-state index contributed by atoms with van der Waals surface area (Å²) >= 11 is 6.28. The third kappa shape index (κ3) is 4.38. The van der Waals surface area contributed by atoms with Crippen molar-refractivity contribution in [2.75, 3.05) is 13.2 Å². The van der Waals surface area contributed by atoms with Gasteiger partial charge in [0.15, 0.2) is 11.5 Å². The largest absolute Gasteiger partial charge is 0.490 e. The number of benzene rings is 2. The summed E-state index contributed by atoms with van der Waals surface area (Å²) < 4.78 is 11.4. The average molecular weight is 306 g/mol. The van der Waals surface area contributed by atoms with Crippen LogP contribution in [0.1, 0.15) is 19.4 Å². The lowest BCUT2D eigenvalue weighted by atomic mass is 10.2. The predicted octanol–water partition coefficient (Wildman–Crippen LogP) is 4.64. The van der Waals surface area contributed by atoms with Crippen molar-refractivity contribution in [1.82, 2.24) is 5.32 Å². The molecule has 0 aliphatic heterocycles. The monoisotopic (exact) mass is 305 g/mol. The van der Waals surface area contributed by atoms with E-state index in [1.54, 1.807) is 0 Å². The number of rotatable bonds is 7. The zero-order chi connectivity index (χ0) is 15.1. The van der Waals surface area contributed by atoms with Gasteiger partial charge < -0.3 is 14.8 Å². The fourth-order valence-electron chi connectivity index (χ4n) is 1.93. The minimum atomic E-state index is 0.600. The second-order valence-corrected chi connectivity index (χ2v) is 4.92. The molecule has 0 saturated heterocycles. The third-order valence-electron chi connectivity index (χ3n) is 2.97. The Hall–Kier alpha value is -1.71. The molecule has 0 unspecified atom stereocenters. The predicted molar refractivity (Wildman–Crippen MR) is 86.5 cm³/mol. The van der Waals surface area contributed by atoms with Crippen molar-refractivity contribution in [2.24, 2.45) is 0 Å². The standard InChI is InChI=1S/C17H20ClNO2/c1-3-19-12-13-9-10-14(11-15(13)18)21-17-8-6-5-7-16(17)20-4-2/h5-11,19H,3-4,12H2,1-2H3. The Morgan fingerprint density at radius 3 is 2.48 bits per heavy atom. The van der Waals surface area contributed by atoms with Crippen LogP contribution in [0.5, 0.6) is 17.2 Å². The Kier molecular flexibility index (Phi) is 5.90. The molecule has 3 nitrogen and oxygen atoms in total. The van der Waals surface area contributed by atoms with E-state index in [4.69, 9.17) is 21.1 Å². The van der Waals surface area contributed by atoms with Gasteiger partial charge in [0.05, 0.1) is 6.61 Å². The summed E-state index contributed by atoms with van der Waals surface area (Å²) in [6, 6.07) is 13.3. The lowest BCUT2D eigenvalue weighted by Crippen LogP contribution is -2.11. The van der Waals surface area contributed by atoms with E-state index in [2.05, 4.69) is 12.2 Å². The van der Waals surface area contributed by atoms with Crippen molar-refractivity contribution < 1.29 is 9.47 Å². The summed E-state index contributed by atoms with van der Waals surface area (Å²) in [6.07, 6.45) is 0. The van der Waals surface area contributed by atoms with Crippen molar-refractivity contribution in [3.8, 4) is 17.2 Å². The number of hydrogen-bond acceptors (Lipinski definition) is 3. The molecule has 0 heterocycles.